The third-order valence-electron chi connectivity index (χ3n) is 4.57. The van der Waals surface area contributed by atoms with Crippen LogP contribution in [0.5, 0.6) is 5.75 Å². The second-order valence-electron chi connectivity index (χ2n) is 8.35. The number of anilines is 1. The molecule has 7 heteroatoms. The maximum Gasteiger partial charge on any atom is 0.255 e. The molecule has 31 heavy (non-hydrogen) atoms. The molecule has 7 nitrogen and oxygen atoms in total. The van der Waals surface area contributed by atoms with E-state index in [1.54, 1.807) is 48.5 Å². The van der Waals surface area contributed by atoms with Gasteiger partial charge in [0, 0.05) is 22.4 Å². The Morgan fingerprint density at radius 3 is 2.06 bits per heavy atom. The van der Waals surface area contributed by atoms with Gasteiger partial charge in [-0.05, 0) is 83.1 Å². The molecule has 0 spiro atoms. The minimum Gasteiger partial charge on any atom is -0.489 e. The molecule has 1 heterocycles. The molecule has 0 aliphatic carbocycles. The molecule has 0 radical (unpaired) electrons. The van der Waals surface area contributed by atoms with E-state index < -0.39 is 0 Å². The largest absolute Gasteiger partial charge is 0.489 e. The number of rotatable bonds is 6. The minimum atomic E-state index is -0.313. The van der Waals surface area contributed by atoms with Crippen molar-refractivity contribution in [2.45, 2.75) is 46.8 Å². The number of hydrogen-bond donors (Lipinski definition) is 2. The molecule has 3 rings (SSSR count). The molecule has 3 aromatic rings. The first kappa shape index (κ1) is 22.1. The average molecular weight is 421 g/mol. The van der Waals surface area contributed by atoms with Gasteiger partial charge in [-0.3, -0.25) is 9.59 Å². The molecule has 2 N–H and O–H groups in total. The fourth-order valence-electron chi connectivity index (χ4n) is 2.89. The number of aryl methyl sites for hydroxylation is 2. The van der Waals surface area contributed by atoms with Gasteiger partial charge >= 0.3 is 0 Å². The lowest BCUT2D eigenvalue weighted by Gasteiger charge is -2.20. The Balaban J connectivity index is 1.57. The minimum absolute atomic E-state index is 0.155. The van der Waals surface area contributed by atoms with Crippen molar-refractivity contribution in [3.63, 3.8) is 0 Å². The summed E-state index contributed by atoms with van der Waals surface area (Å²) in [6.07, 6.45) is 0. The van der Waals surface area contributed by atoms with Gasteiger partial charge in [-0.15, -0.1) is 0 Å². The SMILES string of the molecule is Cc1noc(C)c1COc1ccc(C(=O)Nc2ccc(C(=O)NC(C)(C)C)cc2)cc1. The molecule has 0 unspecified atom stereocenters. The number of hydrogen-bond acceptors (Lipinski definition) is 5. The molecule has 0 aliphatic rings. The predicted octanol–water partition coefficient (Wildman–Crippen LogP) is 4.65. The molecule has 0 fully saturated rings. The van der Waals surface area contributed by atoms with Crippen LogP contribution >= 0.6 is 0 Å². The second kappa shape index (κ2) is 9.04. The number of aromatic nitrogens is 1. The number of nitrogens with zero attached hydrogens (tertiary/aromatic N) is 1. The number of benzene rings is 2. The van der Waals surface area contributed by atoms with E-state index in [1.165, 1.54) is 0 Å². The molecule has 2 aromatic carbocycles. The van der Waals surface area contributed by atoms with Crippen LogP contribution < -0.4 is 15.4 Å². The van der Waals surface area contributed by atoms with Gasteiger partial charge in [-0.25, -0.2) is 0 Å². The van der Waals surface area contributed by atoms with E-state index in [-0.39, 0.29) is 17.4 Å². The first-order valence-corrected chi connectivity index (χ1v) is 10.0. The number of nitrogens with one attached hydrogen (secondary N) is 2. The van der Waals surface area contributed by atoms with Crippen LogP contribution in [0.2, 0.25) is 0 Å². The molecular weight excluding hydrogens is 394 g/mol. The Morgan fingerprint density at radius 2 is 1.52 bits per heavy atom. The number of carbonyl (C=O) groups excluding carboxylic acids is 2. The summed E-state index contributed by atoms with van der Waals surface area (Å²) in [6, 6.07) is 13.7. The maximum absolute atomic E-state index is 12.5. The summed E-state index contributed by atoms with van der Waals surface area (Å²) in [6.45, 7) is 9.83. The summed E-state index contributed by atoms with van der Waals surface area (Å²) in [5, 5.41) is 9.64. The first-order valence-electron chi connectivity index (χ1n) is 10.0. The summed E-state index contributed by atoms with van der Waals surface area (Å²) in [5.74, 6) is 0.975. The predicted molar refractivity (Wildman–Crippen MR) is 118 cm³/mol. The van der Waals surface area contributed by atoms with Crippen molar-refractivity contribution in [3.8, 4) is 5.75 Å². The molecule has 2 amide bonds. The Kier molecular flexibility index (Phi) is 6.44. The van der Waals surface area contributed by atoms with Gasteiger partial charge in [-0.1, -0.05) is 5.16 Å². The highest BCUT2D eigenvalue weighted by Crippen LogP contribution is 2.19. The standard InChI is InChI=1S/C24H27N3O4/c1-15-21(16(2)31-27-15)14-30-20-12-8-17(9-13-20)22(28)25-19-10-6-18(7-11-19)23(29)26-24(3,4)5/h6-13H,14H2,1-5H3,(H,25,28)(H,26,29). The van der Waals surface area contributed by atoms with Crippen LogP contribution in [0.15, 0.2) is 53.1 Å². The summed E-state index contributed by atoms with van der Waals surface area (Å²) in [7, 11) is 0. The monoisotopic (exact) mass is 421 g/mol. The van der Waals surface area contributed by atoms with E-state index in [4.69, 9.17) is 9.26 Å². The van der Waals surface area contributed by atoms with Crippen LogP contribution in [-0.2, 0) is 6.61 Å². The van der Waals surface area contributed by atoms with Gasteiger partial charge in [0.15, 0.2) is 0 Å². The highest BCUT2D eigenvalue weighted by atomic mass is 16.5. The second-order valence-corrected chi connectivity index (χ2v) is 8.35. The van der Waals surface area contributed by atoms with Crippen molar-refractivity contribution < 1.29 is 18.8 Å². The van der Waals surface area contributed by atoms with E-state index in [0.717, 1.165) is 17.0 Å². The van der Waals surface area contributed by atoms with Crippen molar-refractivity contribution in [3.05, 3.63) is 76.7 Å². The van der Waals surface area contributed by atoms with Crippen molar-refractivity contribution in [1.82, 2.24) is 10.5 Å². The molecule has 0 aliphatic heterocycles. The van der Waals surface area contributed by atoms with E-state index in [9.17, 15) is 9.59 Å². The van der Waals surface area contributed by atoms with Crippen LogP contribution in [0.4, 0.5) is 5.69 Å². The summed E-state index contributed by atoms with van der Waals surface area (Å²) in [5.41, 5.74) is 3.05. The third-order valence-corrected chi connectivity index (χ3v) is 4.57. The topological polar surface area (TPSA) is 93.5 Å². The fourth-order valence-corrected chi connectivity index (χ4v) is 2.89. The summed E-state index contributed by atoms with van der Waals surface area (Å²) >= 11 is 0. The zero-order chi connectivity index (χ0) is 22.6. The Labute approximate surface area is 181 Å². The van der Waals surface area contributed by atoms with Crippen molar-refractivity contribution in [2.24, 2.45) is 0 Å². The lowest BCUT2D eigenvalue weighted by Crippen LogP contribution is -2.40. The van der Waals surface area contributed by atoms with Crippen LogP contribution in [0, 0.1) is 13.8 Å². The Bertz CT molecular complexity index is 1040. The zero-order valence-electron chi connectivity index (χ0n) is 18.4. The average Bonchev–Trinajstić information content (AvgIpc) is 3.03. The normalized spacial score (nSPS) is 11.1. The van der Waals surface area contributed by atoms with Gasteiger partial charge in [-0.2, -0.15) is 0 Å². The fraction of sp³-hybridized carbons (Fsp3) is 0.292. The van der Waals surface area contributed by atoms with Crippen molar-refractivity contribution >= 4 is 17.5 Å². The van der Waals surface area contributed by atoms with Gasteiger partial charge in [0.05, 0.1) is 11.3 Å². The molecule has 0 bridgehead atoms. The highest BCUT2D eigenvalue weighted by Gasteiger charge is 2.15. The van der Waals surface area contributed by atoms with E-state index in [0.29, 0.717) is 29.2 Å². The lowest BCUT2D eigenvalue weighted by molar-refractivity contribution is 0.0919. The molecule has 0 saturated carbocycles. The van der Waals surface area contributed by atoms with Gasteiger partial charge in [0.1, 0.15) is 18.1 Å². The number of carbonyl (C=O) groups is 2. The lowest BCUT2D eigenvalue weighted by atomic mass is 10.1. The molecule has 0 atom stereocenters. The van der Waals surface area contributed by atoms with E-state index in [2.05, 4.69) is 15.8 Å². The van der Waals surface area contributed by atoms with Crippen LogP contribution in [-0.4, -0.2) is 22.5 Å². The summed E-state index contributed by atoms with van der Waals surface area (Å²) < 4.78 is 10.9. The molecular formula is C24H27N3O4. The molecule has 0 saturated heterocycles. The van der Waals surface area contributed by atoms with Gasteiger partial charge in [0.25, 0.3) is 11.8 Å². The van der Waals surface area contributed by atoms with Crippen LogP contribution in [0.25, 0.3) is 0 Å². The zero-order valence-corrected chi connectivity index (χ0v) is 18.4. The van der Waals surface area contributed by atoms with Crippen molar-refractivity contribution in [1.29, 1.82) is 0 Å². The van der Waals surface area contributed by atoms with E-state index >= 15 is 0 Å². The van der Waals surface area contributed by atoms with Gasteiger partial charge < -0.3 is 19.9 Å². The third kappa shape index (κ3) is 5.94. The van der Waals surface area contributed by atoms with E-state index in [1.807, 2.05) is 34.6 Å². The van der Waals surface area contributed by atoms with Crippen LogP contribution in [0.1, 0.15) is 58.5 Å². The maximum atomic E-state index is 12.5. The summed E-state index contributed by atoms with van der Waals surface area (Å²) in [4.78, 5) is 24.7. The van der Waals surface area contributed by atoms with Crippen LogP contribution in [0.3, 0.4) is 0 Å². The molecule has 1 aromatic heterocycles. The highest BCUT2D eigenvalue weighted by molar-refractivity contribution is 6.04. The Morgan fingerprint density at radius 1 is 0.935 bits per heavy atom. The number of ether oxygens (including phenoxy) is 1. The number of amides is 2. The first-order chi connectivity index (χ1) is 14.6. The molecule has 162 valence electrons. The van der Waals surface area contributed by atoms with Crippen molar-refractivity contribution in [2.75, 3.05) is 5.32 Å². The Hall–Kier alpha value is -3.61. The van der Waals surface area contributed by atoms with Gasteiger partial charge in [0.2, 0.25) is 0 Å². The smallest absolute Gasteiger partial charge is 0.255 e. The quantitative estimate of drug-likeness (QED) is 0.604.